The van der Waals surface area contributed by atoms with E-state index in [0.717, 1.165) is 30.4 Å². The molecule has 0 spiro atoms. The van der Waals surface area contributed by atoms with Crippen molar-refractivity contribution in [3.05, 3.63) is 82.1 Å². The van der Waals surface area contributed by atoms with Gasteiger partial charge in [-0.2, -0.15) is 0 Å². The first-order chi connectivity index (χ1) is 34.0. The number of unbranched alkanes of at least 4 members (excludes halogenated alkanes) is 12. The molecule has 2 aliphatic rings. The molecule has 2 bridgehead atoms. The molecule has 11 atom stereocenters. The molecular formula is C59H97BrO12. The first-order valence-corrected chi connectivity index (χ1v) is 27.9. The van der Waals surface area contributed by atoms with Gasteiger partial charge in [-0.15, -0.1) is 0 Å². The highest BCUT2D eigenvalue weighted by Crippen LogP contribution is 2.40. The molecule has 13 heteroatoms. The second-order valence-electron chi connectivity index (χ2n) is 21.9. The van der Waals surface area contributed by atoms with Crippen LogP contribution in [0.5, 0.6) is 0 Å². The van der Waals surface area contributed by atoms with Crippen LogP contribution in [-0.2, 0) is 28.5 Å². The molecule has 0 saturated carbocycles. The number of aliphatic hydroxyl groups is 6. The predicted octanol–water partition coefficient (Wildman–Crippen LogP) is 11.8. The van der Waals surface area contributed by atoms with E-state index in [1.54, 1.807) is 64.8 Å². The van der Waals surface area contributed by atoms with Crippen LogP contribution in [0.1, 0.15) is 197 Å². The summed E-state index contributed by atoms with van der Waals surface area (Å²) in [7, 11) is 1.51. The van der Waals surface area contributed by atoms with E-state index >= 15 is 0 Å². The number of fused-ring (bicyclic) bond motifs is 2. The molecule has 2 heterocycles. The average molecular weight is 1080 g/mol. The summed E-state index contributed by atoms with van der Waals surface area (Å²) < 4.78 is 23.8. The summed E-state index contributed by atoms with van der Waals surface area (Å²) >= 11 is 3.29. The number of carbonyl (C=O) groups excluding carboxylic acids is 2. The molecule has 1 fully saturated rings. The standard InChI is InChI=1S/C59H97BrO12/c1-12-13-14-15-16-17-18-19-20-21-22-23-24-28-56(67)70-47(35-44(6)51(39-60)69-11)36-49(62)45(7)50(63)38-53(65)58(8,9)52(64)32-43(5)33-54(66)59(10)55-37-48(72-59)31-42(4)29-41(3)30-46(61)27-25-26-40(2)34-57(68)71-55/h25-26,29,33-34,39,45-50,52-55,61-66H,3,6,12-24,27-28,30-32,35-38H2,1-2,4-5,7-11H3/b26-25-,40-34-,42-29-,43-33+,51-39+/t45-,46+,47-,48-,49-,50+,52+,53-,54+,55+,59+/m0/s1. The zero-order chi connectivity index (χ0) is 54.0. The summed E-state index contributed by atoms with van der Waals surface area (Å²) in [5.74, 6) is -1.21. The van der Waals surface area contributed by atoms with Crippen LogP contribution in [0.15, 0.2) is 82.1 Å². The molecule has 0 radical (unpaired) electrons. The zero-order valence-electron chi connectivity index (χ0n) is 45.7. The zero-order valence-corrected chi connectivity index (χ0v) is 47.3. The van der Waals surface area contributed by atoms with Gasteiger partial charge < -0.3 is 49.6 Å². The summed E-state index contributed by atoms with van der Waals surface area (Å²) in [6.45, 7) is 22.7. The van der Waals surface area contributed by atoms with Crippen LogP contribution < -0.4 is 0 Å². The monoisotopic (exact) mass is 1080 g/mol. The van der Waals surface area contributed by atoms with Crippen molar-refractivity contribution < 1.29 is 59.2 Å². The molecule has 0 aromatic carbocycles. The molecule has 0 aromatic heterocycles. The Morgan fingerprint density at radius 3 is 2.08 bits per heavy atom. The van der Waals surface area contributed by atoms with Crippen molar-refractivity contribution in [2.75, 3.05) is 7.11 Å². The summed E-state index contributed by atoms with van der Waals surface area (Å²) in [6, 6.07) is 0. The SMILES string of the molecule is C=C1/C=C(/C)C[C@H]2C[C@@H](OC(=O)/C=C(C)\C=C/C[C@@H](O)C1)[C@@](C)([C@H](O)/C=C(\C)C[C@@H](O)C(C)(C)[C@@H](O)C[C@@H](O)[C@@H](C)[C@@H](O)C[C@H](CC(=C)/C(=C\Br)OC)OC(=O)CCCCCCCCCCCCCCC)O2. The van der Waals surface area contributed by atoms with Crippen LogP contribution in [0.2, 0.25) is 0 Å². The molecular weight excluding hydrogens is 981 g/mol. The lowest BCUT2D eigenvalue weighted by molar-refractivity contribution is -0.163. The van der Waals surface area contributed by atoms with Gasteiger partial charge in [-0.25, -0.2) is 4.79 Å². The predicted molar refractivity (Wildman–Crippen MR) is 292 cm³/mol. The van der Waals surface area contributed by atoms with Crippen LogP contribution in [0.3, 0.4) is 0 Å². The van der Waals surface area contributed by atoms with Crippen LogP contribution in [-0.4, -0.2) is 110 Å². The Balaban J connectivity index is 2.06. The smallest absolute Gasteiger partial charge is 0.331 e. The highest BCUT2D eigenvalue weighted by atomic mass is 79.9. The lowest BCUT2D eigenvalue weighted by Gasteiger charge is -2.38. The molecule has 0 aliphatic carbocycles. The number of hydrogen-bond acceptors (Lipinski definition) is 12. The molecule has 2 rings (SSSR count). The lowest BCUT2D eigenvalue weighted by Crippen LogP contribution is -2.48. The van der Waals surface area contributed by atoms with Gasteiger partial charge in [0.15, 0.2) is 0 Å². The Hall–Kier alpha value is -2.88. The third kappa shape index (κ3) is 23.8. The Labute approximate surface area is 442 Å². The van der Waals surface area contributed by atoms with Crippen molar-refractivity contribution in [3.8, 4) is 0 Å². The highest BCUT2D eigenvalue weighted by Gasteiger charge is 2.51. The van der Waals surface area contributed by atoms with Gasteiger partial charge >= 0.3 is 11.9 Å². The fraction of sp³-hybridized carbons (Fsp3) is 0.729. The third-order valence-electron chi connectivity index (χ3n) is 14.8. The second-order valence-corrected chi connectivity index (χ2v) is 22.4. The molecule has 0 unspecified atom stereocenters. The minimum atomic E-state index is -1.34. The summed E-state index contributed by atoms with van der Waals surface area (Å²) in [5, 5.41) is 68.3. The Morgan fingerprint density at radius 1 is 0.917 bits per heavy atom. The number of rotatable bonds is 31. The Bertz CT molecular complexity index is 1820. The van der Waals surface area contributed by atoms with E-state index in [2.05, 4.69) is 36.0 Å². The van der Waals surface area contributed by atoms with E-state index in [0.29, 0.717) is 54.6 Å². The normalized spacial score (nSPS) is 25.7. The van der Waals surface area contributed by atoms with Gasteiger partial charge in [-0.3, -0.25) is 4.79 Å². The number of ether oxygens (including phenoxy) is 4. The van der Waals surface area contributed by atoms with Crippen LogP contribution in [0, 0.1) is 11.3 Å². The molecule has 0 amide bonds. The minimum absolute atomic E-state index is 0.0174. The first kappa shape index (κ1) is 65.2. The van der Waals surface area contributed by atoms with E-state index in [1.807, 2.05) is 13.0 Å². The number of aliphatic hydroxyl groups excluding tert-OH is 6. The fourth-order valence-electron chi connectivity index (χ4n) is 9.66. The number of esters is 2. The van der Waals surface area contributed by atoms with Crippen molar-refractivity contribution >= 4 is 27.9 Å². The topological polar surface area (TPSA) is 192 Å². The van der Waals surface area contributed by atoms with Gasteiger partial charge in [0, 0.05) is 54.5 Å². The van der Waals surface area contributed by atoms with Gasteiger partial charge in [-0.1, -0.05) is 175 Å². The Morgan fingerprint density at radius 2 is 1.50 bits per heavy atom. The van der Waals surface area contributed by atoms with Crippen molar-refractivity contribution in [1.82, 2.24) is 0 Å². The first-order valence-electron chi connectivity index (χ1n) is 27.0. The fourth-order valence-corrected chi connectivity index (χ4v) is 10.2. The molecule has 72 heavy (non-hydrogen) atoms. The van der Waals surface area contributed by atoms with Gasteiger partial charge in [0.25, 0.3) is 0 Å². The van der Waals surface area contributed by atoms with Gasteiger partial charge in [0.2, 0.25) is 0 Å². The Kier molecular flexibility index (Phi) is 30.7. The number of allylic oxidation sites excluding steroid dienone is 4. The van der Waals surface area contributed by atoms with Crippen molar-refractivity contribution in [2.24, 2.45) is 11.3 Å². The van der Waals surface area contributed by atoms with Gasteiger partial charge in [0.05, 0.1) is 43.7 Å². The van der Waals surface area contributed by atoms with Crippen molar-refractivity contribution in [1.29, 1.82) is 0 Å². The molecule has 12 nitrogen and oxygen atoms in total. The molecule has 412 valence electrons. The van der Waals surface area contributed by atoms with E-state index in [-0.39, 0.29) is 38.1 Å². The van der Waals surface area contributed by atoms with E-state index in [9.17, 15) is 40.2 Å². The van der Waals surface area contributed by atoms with E-state index < -0.39 is 77.8 Å². The van der Waals surface area contributed by atoms with Gasteiger partial charge in [-0.05, 0) is 70.9 Å². The second kappa shape index (κ2) is 33.9. The van der Waals surface area contributed by atoms with E-state index in [4.69, 9.17) is 18.9 Å². The van der Waals surface area contributed by atoms with Gasteiger partial charge in [0.1, 0.15) is 29.7 Å². The number of halogens is 1. The maximum Gasteiger partial charge on any atom is 0.331 e. The van der Waals surface area contributed by atoms with Crippen LogP contribution in [0.25, 0.3) is 0 Å². The number of methoxy groups -OCH3 is 1. The largest absolute Gasteiger partial charge is 0.496 e. The molecule has 6 N–H and O–H groups in total. The molecule has 2 aliphatic heterocycles. The van der Waals surface area contributed by atoms with Crippen LogP contribution >= 0.6 is 15.9 Å². The summed E-state index contributed by atoms with van der Waals surface area (Å²) in [4.78, 5) is 27.9. The third-order valence-corrected chi connectivity index (χ3v) is 15.2. The maximum absolute atomic E-state index is 13.1. The number of hydrogen-bond donors (Lipinski definition) is 6. The maximum atomic E-state index is 13.1. The van der Waals surface area contributed by atoms with E-state index in [1.165, 1.54) is 71.0 Å². The molecule has 0 aromatic rings. The summed E-state index contributed by atoms with van der Waals surface area (Å²) in [5.41, 5.74) is 1.08. The summed E-state index contributed by atoms with van der Waals surface area (Å²) in [6.07, 6.45) is 17.6. The lowest BCUT2D eigenvalue weighted by atomic mass is 9.75. The van der Waals surface area contributed by atoms with Crippen LogP contribution in [0.4, 0.5) is 0 Å². The minimum Gasteiger partial charge on any atom is -0.496 e. The van der Waals surface area contributed by atoms with Crippen molar-refractivity contribution in [2.45, 2.75) is 257 Å². The average Bonchev–Trinajstić information content (AvgIpc) is 3.61. The quantitative estimate of drug-likeness (QED) is 0.0127. The molecule has 1 saturated heterocycles. The number of carbonyl (C=O) groups is 2. The highest BCUT2D eigenvalue weighted by molar-refractivity contribution is 9.11. The van der Waals surface area contributed by atoms with Crippen molar-refractivity contribution in [3.63, 3.8) is 0 Å².